The van der Waals surface area contributed by atoms with E-state index in [0.717, 1.165) is 0 Å². The van der Waals surface area contributed by atoms with E-state index in [9.17, 15) is 8.42 Å². The lowest BCUT2D eigenvalue weighted by atomic mass is 10.1. The van der Waals surface area contributed by atoms with Crippen LogP contribution in [0.1, 0.15) is 0 Å². The summed E-state index contributed by atoms with van der Waals surface area (Å²) in [5, 5.41) is 8.62. The molecule has 0 amide bonds. The van der Waals surface area contributed by atoms with Crippen LogP contribution in [0.15, 0.2) is 0 Å². The van der Waals surface area contributed by atoms with Crippen LogP contribution >= 0.6 is 0 Å². The molecule has 0 bridgehead atoms. The molecule has 0 aromatic heterocycles. The SMILES string of the molecule is N[C@H]1CS(=O)(=O)C[C@@H]1CO. The molecule has 0 aromatic rings. The zero-order valence-electron chi connectivity index (χ0n) is 5.53. The number of rotatable bonds is 1. The van der Waals surface area contributed by atoms with Crippen molar-refractivity contribution in [2.75, 3.05) is 18.1 Å². The summed E-state index contributed by atoms with van der Waals surface area (Å²) in [7, 11) is -2.94. The molecule has 3 N–H and O–H groups in total. The van der Waals surface area contributed by atoms with Gasteiger partial charge in [-0.05, 0) is 0 Å². The third-order valence-electron chi connectivity index (χ3n) is 1.75. The minimum atomic E-state index is -2.94. The van der Waals surface area contributed by atoms with Gasteiger partial charge in [0, 0.05) is 18.6 Å². The van der Waals surface area contributed by atoms with E-state index in [0.29, 0.717) is 0 Å². The topological polar surface area (TPSA) is 80.4 Å². The van der Waals surface area contributed by atoms with Crippen molar-refractivity contribution in [1.82, 2.24) is 0 Å². The molecule has 0 aromatic carbocycles. The maximum Gasteiger partial charge on any atom is 0.152 e. The summed E-state index contributed by atoms with van der Waals surface area (Å²) >= 11 is 0. The van der Waals surface area contributed by atoms with E-state index < -0.39 is 9.84 Å². The van der Waals surface area contributed by atoms with Crippen LogP contribution in [0.25, 0.3) is 0 Å². The number of hydrogen-bond acceptors (Lipinski definition) is 4. The fourth-order valence-corrected chi connectivity index (χ4v) is 3.13. The highest BCUT2D eigenvalue weighted by Gasteiger charge is 2.34. The van der Waals surface area contributed by atoms with E-state index >= 15 is 0 Å². The van der Waals surface area contributed by atoms with Gasteiger partial charge < -0.3 is 10.8 Å². The van der Waals surface area contributed by atoms with Gasteiger partial charge in [0.05, 0.1) is 11.5 Å². The zero-order chi connectivity index (χ0) is 7.78. The second-order valence-electron chi connectivity index (χ2n) is 2.68. The normalized spacial score (nSPS) is 38.2. The lowest BCUT2D eigenvalue weighted by molar-refractivity contribution is 0.229. The summed E-state index contributed by atoms with van der Waals surface area (Å²) in [4.78, 5) is 0. The average molecular weight is 165 g/mol. The van der Waals surface area contributed by atoms with Crippen LogP contribution in [-0.2, 0) is 9.84 Å². The monoisotopic (exact) mass is 165 g/mol. The number of nitrogens with two attached hydrogens (primary N) is 1. The molecule has 0 aliphatic carbocycles. The fourth-order valence-electron chi connectivity index (χ4n) is 1.14. The number of sulfone groups is 1. The molecule has 1 rings (SSSR count). The van der Waals surface area contributed by atoms with Gasteiger partial charge >= 0.3 is 0 Å². The molecule has 4 nitrogen and oxygen atoms in total. The molecule has 1 fully saturated rings. The van der Waals surface area contributed by atoms with Crippen LogP contribution in [0.3, 0.4) is 0 Å². The summed E-state index contributed by atoms with van der Waals surface area (Å²) in [6.07, 6.45) is 0. The molecule has 0 radical (unpaired) electrons. The molecule has 0 unspecified atom stereocenters. The van der Waals surface area contributed by atoms with E-state index in [1.54, 1.807) is 0 Å². The second-order valence-corrected chi connectivity index (χ2v) is 4.84. The Morgan fingerprint density at radius 3 is 2.30 bits per heavy atom. The first-order valence-electron chi connectivity index (χ1n) is 3.12. The Morgan fingerprint density at radius 2 is 2.10 bits per heavy atom. The lowest BCUT2D eigenvalue weighted by Crippen LogP contribution is -2.30. The highest BCUT2D eigenvalue weighted by molar-refractivity contribution is 7.91. The molecular weight excluding hydrogens is 154 g/mol. The van der Waals surface area contributed by atoms with Gasteiger partial charge in [-0.1, -0.05) is 0 Å². The van der Waals surface area contributed by atoms with Gasteiger partial charge in [0.15, 0.2) is 9.84 Å². The standard InChI is InChI=1S/C5H11NO3S/c6-5-3-10(8,9)2-4(5)1-7/h4-5,7H,1-3,6H2/t4-,5-/m0/s1. The van der Waals surface area contributed by atoms with E-state index in [4.69, 9.17) is 10.8 Å². The van der Waals surface area contributed by atoms with Crippen LogP contribution in [-0.4, -0.2) is 37.7 Å². The van der Waals surface area contributed by atoms with Gasteiger partial charge in [0.1, 0.15) is 0 Å². The summed E-state index contributed by atoms with van der Waals surface area (Å²) in [6.45, 7) is -0.125. The molecule has 1 aliphatic heterocycles. The Bertz CT molecular complexity index is 211. The molecule has 10 heavy (non-hydrogen) atoms. The molecule has 60 valence electrons. The number of hydrogen-bond donors (Lipinski definition) is 2. The van der Waals surface area contributed by atoms with E-state index in [1.807, 2.05) is 0 Å². The third kappa shape index (κ3) is 1.47. The first-order chi connectivity index (χ1) is 4.55. The van der Waals surface area contributed by atoms with Crippen molar-refractivity contribution in [3.63, 3.8) is 0 Å². The first-order valence-corrected chi connectivity index (χ1v) is 4.94. The molecule has 0 spiro atoms. The van der Waals surface area contributed by atoms with Gasteiger partial charge in [-0.15, -0.1) is 0 Å². The highest BCUT2D eigenvalue weighted by atomic mass is 32.2. The van der Waals surface area contributed by atoms with Crippen molar-refractivity contribution in [1.29, 1.82) is 0 Å². The maximum absolute atomic E-state index is 10.8. The van der Waals surface area contributed by atoms with E-state index in [1.165, 1.54) is 0 Å². The minimum Gasteiger partial charge on any atom is -0.396 e. The summed E-state index contributed by atoms with van der Waals surface area (Å²) < 4.78 is 21.6. The van der Waals surface area contributed by atoms with E-state index in [-0.39, 0.29) is 30.1 Å². The van der Waals surface area contributed by atoms with Crippen molar-refractivity contribution in [2.24, 2.45) is 11.7 Å². The van der Waals surface area contributed by atoms with Crippen molar-refractivity contribution in [3.8, 4) is 0 Å². The Morgan fingerprint density at radius 1 is 1.50 bits per heavy atom. The van der Waals surface area contributed by atoms with Crippen LogP contribution in [0.4, 0.5) is 0 Å². The smallest absolute Gasteiger partial charge is 0.152 e. The van der Waals surface area contributed by atoms with Gasteiger partial charge in [0.25, 0.3) is 0 Å². The molecule has 0 saturated carbocycles. The molecular formula is C5H11NO3S. The predicted octanol–water partition coefficient (Wildman–Crippen LogP) is -1.65. The van der Waals surface area contributed by atoms with Crippen molar-refractivity contribution in [2.45, 2.75) is 6.04 Å². The Hall–Kier alpha value is -0.130. The van der Waals surface area contributed by atoms with Crippen molar-refractivity contribution < 1.29 is 13.5 Å². The Balaban J connectivity index is 2.71. The van der Waals surface area contributed by atoms with Crippen LogP contribution in [0.2, 0.25) is 0 Å². The Labute approximate surface area is 60.0 Å². The van der Waals surface area contributed by atoms with Crippen LogP contribution in [0, 0.1) is 5.92 Å². The molecule has 1 heterocycles. The van der Waals surface area contributed by atoms with Gasteiger partial charge in [-0.3, -0.25) is 0 Å². The van der Waals surface area contributed by atoms with Gasteiger partial charge in [-0.25, -0.2) is 8.42 Å². The molecule has 2 atom stereocenters. The van der Waals surface area contributed by atoms with Crippen molar-refractivity contribution >= 4 is 9.84 Å². The number of aliphatic hydroxyl groups excluding tert-OH is 1. The second kappa shape index (κ2) is 2.48. The quantitative estimate of drug-likeness (QED) is 0.488. The minimum absolute atomic E-state index is 0.0260. The molecule has 5 heteroatoms. The van der Waals surface area contributed by atoms with Crippen molar-refractivity contribution in [3.05, 3.63) is 0 Å². The molecule has 1 aliphatic rings. The summed E-state index contributed by atoms with van der Waals surface area (Å²) in [6, 6.07) is -0.366. The zero-order valence-corrected chi connectivity index (χ0v) is 6.34. The van der Waals surface area contributed by atoms with Crippen LogP contribution < -0.4 is 5.73 Å². The average Bonchev–Trinajstić information content (AvgIpc) is 2.05. The largest absolute Gasteiger partial charge is 0.396 e. The Kier molecular flexibility index (Phi) is 1.98. The maximum atomic E-state index is 10.8. The van der Waals surface area contributed by atoms with Gasteiger partial charge in [0.2, 0.25) is 0 Å². The highest BCUT2D eigenvalue weighted by Crippen LogP contribution is 2.16. The van der Waals surface area contributed by atoms with Gasteiger partial charge in [-0.2, -0.15) is 0 Å². The summed E-state index contributed by atoms with van der Waals surface area (Å²) in [5.74, 6) is -0.173. The lowest BCUT2D eigenvalue weighted by Gasteiger charge is -2.07. The third-order valence-corrected chi connectivity index (χ3v) is 3.58. The first kappa shape index (κ1) is 7.97. The predicted molar refractivity (Wildman–Crippen MR) is 37.2 cm³/mol. The fraction of sp³-hybridized carbons (Fsp3) is 1.00. The van der Waals surface area contributed by atoms with E-state index in [2.05, 4.69) is 0 Å². The van der Waals surface area contributed by atoms with Crippen LogP contribution in [0.5, 0.6) is 0 Å². The number of aliphatic hydroxyl groups is 1. The summed E-state index contributed by atoms with van der Waals surface area (Å²) in [5.41, 5.74) is 5.43. The molecule has 1 saturated heterocycles.